The first kappa shape index (κ1) is 13.6. The number of hydrogen-bond donors (Lipinski definition) is 2. The Labute approximate surface area is 101 Å². The number of aliphatic hydroxyl groups is 1. The summed E-state index contributed by atoms with van der Waals surface area (Å²) in [6, 6.07) is -0.421. The van der Waals surface area contributed by atoms with Gasteiger partial charge in [0.05, 0.1) is 5.60 Å². The van der Waals surface area contributed by atoms with Crippen LogP contribution in [0.3, 0.4) is 0 Å². The molecule has 0 spiro atoms. The van der Waals surface area contributed by atoms with Gasteiger partial charge in [0.1, 0.15) is 18.7 Å². The van der Waals surface area contributed by atoms with E-state index >= 15 is 0 Å². The molecule has 0 bridgehead atoms. The first-order valence-corrected chi connectivity index (χ1v) is 5.80. The highest BCUT2D eigenvalue weighted by Crippen LogP contribution is 2.10. The second-order valence-electron chi connectivity index (χ2n) is 4.52. The third kappa shape index (κ3) is 4.14. The van der Waals surface area contributed by atoms with E-state index in [0.717, 1.165) is 6.42 Å². The molecule has 2 atom stereocenters. The van der Waals surface area contributed by atoms with Gasteiger partial charge in [-0.05, 0) is 20.3 Å². The van der Waals surface area contributed by atoms with Crippen molar-refractivity contribution >= 4 is 5.91 Å². The fourth-order valence-corrected chi connectivity index (χ4v) is 1.59. The topological polar surface area (TPSA) is 80.0 Å². The van der Waals surface area contributed by atoms with E-state index in [4.69, 9.17) is 0 Å². The molecule has 0 saturated heterocycles. The zero-order chi connectivity index (χ0) is 12.9. The predicted octanol–water partition coefficient (Wildman–Crippen LogP) is 0.506. The fourth-order valence-electron chi connectivity index (χ4n) is 1.59. The van der Waals surface area contributed by atoms with E-state index in [2.05, 4.69) is 15.4 Å². The van der Waals surface area contributed by atoms with Crippen molar-refractivity contribution in [3.8, 4) is 0 Å². The van der Waals surface area contributed by atoms with Crippen LogP contribution in [0.5, 0.6) is 0 Å². The molecule has 1 amide bonds. The predicted molar refractivity (Wildman–Crippen MR) is 63.3 cm³/mol. The highest BCUT2D eigenvalue weighted by atomic mass is 16.3. The number of rotatable bonds is 6. The van der Waals surface area contributed by atoms with Gasteiger partial charge in [-0.25, -0.2) is 9.67 Å². The van der Waals surface area contributed by atoms with E-state index < -0.39 is 11.6 Å². The summed E-state index contributed by atoms with van der Waals surface area (Å²) < 4.78 is 1.48. The average molecular weight is 240 g/mol. The zero-order valence-electron chi connectivity index (χ0n) is 10.6. The Bertz CT molecular complexity index is 348. The molecule has 1 aromatic rings. The maximum atomic E-state index is 11.8. The van der Waals surface area contributed by atoms with Gasteiger partial charge in [-0.3, -0.25) is 4.79 Å². The summed E-state index contributed by atoms with van der Waals surface area (Å²) in [6.07, 6.45) is 4.41. The molecule has 1 heterocycles. The van der Waals surface area contributed by atoms with Crippen LogP contribution in [0.2, 0.25) is 0 Å². The highest BCUT2D eigenvalue weighted by molar-refractivity contribution is 5.79. The summed E-state index contributed by atoms with van der Waals surface area (Å²) in [5.74, 6) is -0.174. The zero-order valence-corrected chi connectivity index (χ0v) is 10.6. The summed E-state index contributed by atoms with van der Waals surface area (Å²) >= 11 is 0. The molecule has 0 aliphatic heterocycles. The lowest BCUT2D eigenvalue weighted by molar-refractivity contribution is -0.125. The molecule has 96 valence electrons. The Balaban J connectivity index is 2.45. The molecule has 2 N–H and O–H groups in total. The van der Waals surface area contributed by atoms with Crippen LogP contribution in [0.4, 0.5) is 0 Å². The number of amides is 1. The van der Waals surface area contributed by atoms with E-state index in [9.17, 15) is 9.90 Å². The summed E-state index contributed by atoms with van der Waals surface area (Å²) in [6.45, 7) is 5.70. The number of aromatic nitrogens is 3. The summed E-state index contributed by atoms with van der Waals surface area (Å²) in [5.41, 5.74) is -0.855. The molecule has 0 aliphatic carbocycles. The van der Waals surface area contributed by atoms with Crippen LogP contribution in [0.1, 0.15) is 39.7 Å². The van der Waals surface area contributed by atoms with E-state index in [-0.39, 0.29) is 12.5 Å². The largest absolute Gasteiger partial charge is 0.388 e. The van der Waals surface area contributed by atoms with Crippen molar-refractivity contribution in [3.63, 3.8) is 0 Å². The van der Waals surface area contributed by atoms with Crippen LogP contribution in [0.25, 0.3) is 0 Å². The van der Waals surface area contributed by atoms with E-state index in [1.54, 1.807) is 13.8 Å². The lowest BCUT2D eigenvalue weighted by atomic mass is 10.0. The van der Waals surface area contributed by atoms with Crippen LogP contribution in [0.15, 0.2) is 12.7 Å². The number of hydrogen-bond acceptors (Lipinski definition) is 4. The molecule has 1 aromatic heterocycles. The molecule has 17 heavy (non-hydrogen) atoms. The second-order valence-corrected chi connectivity index (χ2v) is 4.52. The second kappa shape index (κ2) is 5.77. The SMILES string of the molecule is CCCC(C)(O)CNC(=O)C(C)n1cncn1. The third-order valence-corrected chi connectivity index (χ3v) is 2.64. The van der Waals surface area contributed by atoms with Gasteiger partial charge >= 0.3 is 0 Å². The maximum Gasteiger partial charge on any atom is 0.244 e. The Morgan fingerprint density at radius 2 is 2.35 bits per heavy atom. The Morgan fingerprint density at radius 3 is 2.88 bits per heavy atom. The molecule has 0 saturated carbocycles. The minimum absolute atomic E-state index is 0.174. The van der Waals surface area contributed by atoms with Crippen LogP contribution >= 0.6 is 0 Å². The van der Waals surface area contributed by atoms with Crippen LogP contribution in [-0.4, -0.2) is 37.9 Å². The van der Waals surface area contributed by atoms with Crippen LogP contribution in [-0.2, 0) is 4.79 Å². The van der Waals surface area contributed by atoms with Gasteiger partial charge in [0.25, 0.3) is 0 Å². The normalized spacial score (nSPS) is 16.2. The minimum atomic E-state index is -0.855. The number of nitrogens with zero attached hydrogens (tertiary/aromatic N) is 3. The molecule has 0 aromatic carbocycles. The Morgan fingerprint density at radius 1 is 1.65 bits per heavy atom. The number of nitrogens with one attached hydrogen (secondary N) is 1. The average Bonchev–Trinajstić information content (AvgIpc) is 2.78. The molecular formula is C11H20N4O2. The minimum Gasteiger partial charge on any atom is -0.388 e. The van der Waals surface area contributed by atoms with Gasteiger partial charge in [-0.1, -0.05) is 13.3 Å². The molecule has 0 aliphatic rings. The molecule has 6 heteroatoms. The van der Waals surface area contributed by atoms with Crippen LogP contribution in [0, 0.1) is 0 Å². The maximum absolute atomic E-state index is 11.8. The molecule has 1 rings (SSSR count). The molecule has 0 fully saturated rings. The monoisotopic (exact) mass is 240 g/mol. The lowest BCUT2D eigenvalue weighted by Gasteiger charge is -2.23. The van der Waals surface area contributed by atoms with Gasteiger partial charge in [0.15, 0.2) is 0 Å². The van der Waals surface area contributed by atoms with E-state index in [0.29, 0.717) is 6.42 Å². The van der Waals surface area contributed by atoms with Crippen molar-refractivity contribution in [1.29, 1.82) is 0 Å². The Kier molecular flexibility index (Phi) is 4.62. The van der Waals surface area contributed by atoms with Gasteiger partial charge < -0.3 is 10.4 Å². The Hall–Kier alpha value is -1.43. The molecule has 2 unspecified atom stereocenters. The van der Waals surface area contributed by atoms with Crippen LogP contribution < -0.4 is 5.32 Å². The quantitative estimate of drug-likeness (QED) is 0.759. The van der Waals surface area contributed by atoms with E-state index in [1.807, 2.05) is 6.92 Å². The van der Waals surface area contributed by atoms with Crippen molar-refractivity contribution in [3.05, 3.63) is 12.7 Å². The first-order chi connectivity index (χ1) is 7.96. The first-order valence-electron chi connectivity index (χ1n) is 5.80. The molecule has 6 nitrogen and oxygen atoms in total. The van der Waals surface area contributed by atoms with Crippen molar-refractivity contribution in [2.75, 3.05) is 6.54 Å². The van der Waals surface area contributed by atoms with Crippen molar-refractivity contribution in [2.24, 2.45) is 0 Å². The number of carbonyl (C=O) groups is 1. The van der Waals surface area contributed by atoms with Crippen molar-refractivity contribution in [2.45, 2.75) is 45.3 Å². The van der Waals surface area contributed by atoms with Gasteiger partial charge in [0.2, 0.25) is 5.91 Å². The van der Waals surface area contributed by atoms with E-state index in [1.165, 1.54) is 17.3 Å². The molecular weight excluding hydrogens is 220 g/mol. The standard InChI is InChI=1S/C11H20N4O2/c1-4-5-11(3,17)6-13-10(16)9(2)15-8-12-7-14-15/h7-9,17H,4-6H2,1-3H3,(H,13,16). The summed E-state index contributed by atoms with van der Waals surface area (Å²) in [4.78, 5) is 15.6. The highest BCUT2D eigenvalue weighted by Gasteiger charge is 2.22. The van der Waals surface area contributed by atoms with Crippen molar-refractivity contribution < 1.29 is 9.90 Å². The lowest BCUT2D eigenvalue weighted by Crippen LogP contribution is -2.42. The summed E-state index contributed by atoms with van der Waals surface area (Å²) in [7, 11) is 0. The van der Waals surface area contributed by atoms with Crippen molar-refractivity contribution in [1.82, 2.24) is 20.1 Å². The fraction of sp³-hybridized carbons (Fsp3) is 0.727. The smallest absolute Gasteiger partial charge is 0.244 e. The van der Waals surface area contributed by atoms with Gasteiger partial charge in [-0.15, -0.1) is 0 Å². The third-order valence-electron chi connectivity index (χ3n) is 2.64. The molecule has 0 radical (unpaired) electrons. The van der Waals surface area contributed by atoms with Gasteiger partial charge in [-0.2, -0.15) is 5.10 Å². The van der Waals surface area contributed by atoms with Gasteiger partial charge in [0, 0.05) is 6.54 Å². The summed E-state index contributed by atoms with van der Waals surface area (Å²) in [5, 5.41) is 16.5. The number of carbonyl (C=O) groups excluding carboxylic acids is 1.